The summed E-state index contributed by atoms with van der Waals surface area (Å²) in [5.41, 5.74) is -0.194. The number of nitrogens with zero attached hydrogens (tertiary/aromatic N) is 3. The molecule has 1 N–H and O–H groups in total. The lowest BCUT2D eigenvalue weighted by Gasteiger charge is -2.23. The fourth-order valence-electron chi connectivity index (χ4n) is 3.25. The summed E-state index contributed by atoms with van der Waals surface area (Å²) in [6.07, 6.45) is 0.866. The topological polar surface area (TPSA) is 72.4 Å². The third-order valence-corrected chi connectivity index (χ3v) is 4.56. The summed E-state index contributed by atoms with van der Waals surface area (Å²) in [5, 5.41) is 6.74. The fourth-order valence-corrected chi connectivity index (χ4v) is 3.25. The van der Waals surface area contributed by atoms with Crippen molar-refractivity contribution < 1.29 is 13.9 Å². The molecule has 1 aliphatic rings. The second kappa shape index (κ2) is 7.79. The predicted molar refractivity (Wildman–Crippen MR) is 90.1 cm³/mol. The average molecular weight is 350 g/mol. The van der Waals surface area contributed by atoms with Gasteiger partial charge in [-0.3, -0.25) is 9.47 Å². The number of halogens is 1. The van der Waals surface area contributed by atoms with Crippen molar-refractivity contribution in [2.75, 3.05) is 26.8 Å². The highest BCUT2D eigenvalue weighted by molar-refractivity contribution is 5.22. The number of hydrogen-bond acceptors (Lipinski definition) is 5. The molecule has 7 nitrogen and oxygen atoms in total. The van der Waals surface area contributed by atoms with Crippen LogP contribution in [0.2, 0.25) is 0 Å². The lowest BCUT2D eigenvalue weighted by Crippen LogP contribution is -2.31. The maximum atomic E-state index is 12.9. The van der Waals surface area contributed by atoms with E-state index in [-0.39, 0.29) is 23.7 Å². The van der Waals surface area contributed by atoms with E-state index in [1.54, 1.807) is 23.8 Å². The Morgan fingerprint density at radius 2 is 2.12 bits per heavy atom. The zero-order valence-corrected chi connectivity index (χ0v) is 14.4. The van der Waals surface area contributed by atoms with Crippen molar-refractivity contribution in [3.8, 4) is 5.75 Å². The van der Waals surface area contributed by atoms with Gasteiger partial charge in [-0.15, -0.1) is 0 Å². The summed E-state index contributed by atoms with van der Waals surface area (Å²) in [6, 6.07) is 5.96. The standard InChI is InChI=1S/C17H23FN4O3/c1-3-22-16(19-20-17(22)23)15-10-14(24-2)11-21(15)8-9-25-13-6-4-12(18)5-7-13/h4-7,14-15H,3,8-11H2,1-2H3,(H,20,23)/t14-,15-/m0/s1. The molecule has 0 saturated carbocycles. The molecule has 1 saturated heterocycles. The van der Waals surface area contributed by atoms with Crippen molar-refractivity contribution in [2.24, 2.45) is 0 Å². The first-order valence-corrected chi connectivity index (χ1v) is 8.42. The van der Waals surface area contributed by atoms with Gasteiger partial charge >= 0.3 is 5.69 Å². The molecule has 0 radical (unpaired) electrons. The van der Waals surface area contributed by atoms with Crippen LogP contribution in [0.1, 0.15) is 25.2 Å². The molecular formula is C17H23FN4O3. The lowest BCUT2D eigenvalue weighted by atomic mass is 10.2. The lowest BCUT2D eigenvalue weighted by molar-refractivity contribution is 0.105. The molecule has 0 bridgehead atoms. The SMILES string of the molecule is CCn1c([C@@H]2C[C@H](OC)CN2CCOc2ccc(F)cc2)n[nH]c1=O. The molecule has 25 heavy (non-hydrogen) atoms. The van der Waals surface area contributed by atoms with Gasteiger partial charge in [0.2, 0.25) is 0 Å². The highest BCUT2D eigenvalue weighted by Gasteiger charge is 2.36. The van der Waals surface area contributed by atoms with E-state index in [2.05, 4.69) is 15.1 Å². The number of ether oxygens (including phenoxy) is 2. The number of nitrogens with one attached hydrogen (secondary N) is 1. The number of benzene rings is 1. The molecule has 1 aromatic heterocycles. The van der Waals surface area contributed by atoms with Gasteiger partial charge in [0.25, 0.3) is 0 Å². The molecule has 0 unspecified atom stereocenters. The quantitative estimate of drug-likeness (QED) is 0.821. The maximum Gasteiger partial charge on any atom is 0.343 e. The molecule has 136 valence electrons. The fraction of sp³-hybridized carbons (Fsp3) is 0.529. The third-order valence-electron chi connectivity index (χ3n) is 4.56. The van der Waals surface area contributed by atoms with Crippen molar-refractivity contribution in [2.45, 2.75) is 32.0 Å². The van der Waals surface area contributed by atoms with E-state index in [0.29, 0.717) is 25.4 Å². The van der Waals surface area contributed by atoms with Gasteiger partial charge < -0.3 is 9.47 Å². The maximum absolute atomic E-state index is 12.9. The number of aromatic nitrogens is 3. The first-order chi connectivity index (χ1) is 12.1. The van der Waals surface area contributed by atoms with E-state index in [4.69, 9.17) is 9.47 Å². The molecule has 1 aromatic carbocycles. The van der Waals surface area contributed by atoms with Crippen LogP contribution in [0, 0.1) is 5.82 Å². The van der Waals surface area contributed by atoms with Gasteiger partial charge in [0, 0.05) is 26.7 Å². The Balaban J connectivity index is 1.67. The second-order valence-electron chi connectivity index (χ2n) is 6.04. The van der Waals surface area contributed by atoms with Gasteiger partial charge in [0.1, 0.15) is 18.2 Å². The molecule has 2 heterocycles. The molecule has 0 aliphatic carbocycles. The molecule has 2 aromatic rings. The average Bonchev–Trinajstić information content (AvgIpc) is 3.19. The molecule has 1 fully saturated rings. The zero-order valence-electron chi connectivity index (χ0n) is 14.4. The van der Waals surface area contributed by atoms with E-state index < -0.39 is 0 Å². The molecule has 0 amide bonds. The van der Waals surface area contributed by atoms with Gasteiger partial charge in [-0.05, 0) is 37.6 Å². The van der Waals surface area contributed by atoms with Crippen LogP contribution < -0.4 is 10.4 Å². The highest BCUT2D eigenvalue weighted by Crippen LogP contribution is 2.31. The van der Waals surface area contributed by atoms with Crippen molar-refractivity contribution in [3.05, 3.63) is 46.4 Å². The summed E-state index contributed by atoms with van der Waals surface area (Å²) in [7, 11) is 1.69. The number of H-pyrrole nitrogens is 1. The molecule has 0 spiro atoms. The number of likely N-dealkylation sites (tertiary alicyclic amines) is 1. The van der Waals surface area contributed by atoms with Crippen LogP contribution in [0.5, 0.6) is 5.75 Å². The first-order valence-electron chi connectivity index (χ1n) is 8.42. The molecule has 3 rings (SSSR count). The largest absolute Gasteiger partial charge is 0.492 e. The van der Waals surface area contributed by atoms with Crippen LogP contribution in [0.25, 0.3) is 0 Å². The summed E-state index contributed by atoms with van der Waals surface area (Å²) >= 11 is 0. The Morgan fingerprint density at radius 1 is 1.36 bits per heavy atom. The van der Waals surface area contributed by atoms with Crippen LogP contribution in [-0.4, -0.2) is 52.6 Å². The number of rotatable bonds is 7. The second-order valence-corrected chi connectivity index (χ2v) is 6.04. The number of methoxy groups -OCH3 is 1. The molecular weight excluding hydrogens is 327 g/mol. The Bertz CT molecular complexity index is 743. The van der Waals surface area contributed by atoms with Gasteiger partial charge in [0.05, 0.1) is 12.1 Å². The number of aromatic amines is 1. The minimum atomic E-state index is -0.286. The molecule has 1 aliphatic heterocycles. The first kappa shape index (κ1) is 17.6. The van der Waals surface area contributed by atoms with Gasteiger partial charge in [-0.2, -0.15) is 5.10 Å². The summed E-state index contributed by atoms with van der Waals surface area (Å²) < 4.78 is 25.8. The molecule has 2 atom stereocenters. The monoisotopic (exact) mass is 350 g/mol. The van der Waals surface area contributed by atoms with E-state index in [9.17, 15) is 9.18 Å². The van der Waals surface area contributed by atoms with Gasteiger partial charge in [0.15, 0.2) is 5.82 Å². The van der Waals surface area contributed by atoms with Crippen molar-refractivity contribution >= 4 is 0 Å². The highest BCUT2D eigenvalue weighted by atomic mass is 19.1. The van der Waals surface area contributed by atoms with Crippen LogP contribution in [0.4, 0.5) is 4.39 Å². The van der Waals surface area contributed by atoms with Crippen molar-refractivity contribution in [1.82, 2.24) is 19.7 Å². The summed E-state index contributed by atoms with van der Waals surface area (Å²) in [4.78, 5) is 14.1. The zero-order chi connectivity index (χ0) is 17.8. The van der Waals surface area contributed by atoms with Crippen LogP contribution in [0.3, 0.4) is 0 Å². The van der Waals surface area contributed by atoms with Crippen molar-refractivity contribution in [3.63, 3.8) is 0 Å². The Labute approximate surface area is 145 Å². The summed E-state index contributed by atoms with van der Waals surface area (Å²) in [5.74, 6) is 1.07. The minimum Gasteiger partial charge on any atom is -0.492 e. The third kappa shape index (κ3) is 3.91. The normalized spacial score (nSPS) is 20.9. The van der Waals surface area contributed by atoms with Crippen LogP contribution in [0.15, 0.2) is 29.1 Å². The Morgan fingerprint density at radius 3 is 2.80 bits per heavy atom. The van der Waals surface area contributed by atoms with E-state index in [1.807, 2.05) is 6.92 Å². The van der Waals surface area contributed by atoms with Crippen LogP contribution >= 0.6 is 0 Å². The Hall–Kier alpha value is -2.19. The smallest absolute Gasteiger partial charge is 0.343 e. The summed E-state index contributed by atoms with van der Waals surface area (Å²) in [6.45, 7) is 4.36. The van der Waals surface area contributed by atoms with Gasteiger partial charge in [-0.1, -0.05) is 0 Å². The minimum absolute atomic E-state index is 0.000618. The van der Waals surface area contributed by atoms with Crippen molar-refractivity contribution in [1.29, 1.82) is 0 Å². The van der Waals surface area contributed by atoms with Gasteiger partial charge in [-0.25, -0.2) is 14.3 Å². The predicted octanol–water partition coefficient (Wildman–Crippen LogP) is 1.57. The number of hydrogen-bond donors (Lipinski definition) is 1. The van der Waals surface area contributed by atoms with Crippen LogP contribution in [-0.2, 0) is 11.3 Å². The molecule has 8 heteroatoms. The van der Waals surface area contributed by atoms with E-state index in [1.165, 1.54) is 12.1 Å². The Kier molecular flexibility index (Phi) is 5.50. The van der Waals surface area contributed by atoms with E-state index >= 15 is 0 Å². The van der Waals surface area contributed by atoms with E-state index in [0.717, 1.165) is 18.8 Å².